The molecule has 6 heteroatoms. The zero-order valence-electron chi connectivity index (χ0n) is 13.5. The first kappa shape index (κ1) is 15.9. The van der Waals surface area contributed by atoms with Gasteiger partial charge in [-0.25, -0.2) is 13.8 Å². The minimum absolute atomic E-state index is 0.0216. The zero-order chi connectivity index (χ0) is 17.2. The number of aromatic nitrogens is 3. The van der Waals surface area contributed by atoms with Gasteiger partial charge in [-0.1, -0.05) is 6.07 Å². The van der Waals surface area contributed by atoms with Crippen LogP contribution in [0.1, 0.15) is 11.6 Å². The summed E-state index contributed by atoms with van der Waals surface area (Å²) in [6.45, 7) is 1.15. The lowest BCUT2D eigenvalue weighted by atomic mass is 9.95. The molecule has 0 unspecified atom stereocenters. The largest absolute Gasteiger partial charge is 0.379 e. The molecule has 0 saturated carbocycles. The summed E-state index contributed by atoms with van der Waals surface area (Å²) in [5.74, 6) is -1.10. The van der Waals surface area contributed by atoms with E-state index < -0.39 is 11.6 Å². The Labute approximate surface area is 144 Å². The number of nitrogens with zero attached hydrogens (tertiary/aromatic N) is 3. The highest BCUT2D eigenvalue weighted by atomic mass is 19.2. The Morgan fingerprint density at radius 2 is 1.92 bits per heavy atom. The van der Waals surface area contributed by atoms with E-state index in [1.807, 2.05) is 16.7 Å². The second-order valence-electron chi connectivity index (χ2n) is 6.18. The summed E-state index contributed by atoms with van der Waals surface area (Å²) in [7, 11) is 0. The molecular weight excluding hydrogens is 324 g/mol. The van der Waals surface area contributed by atoms with Gasteiger partial charge in [0.25, 0.3) is 0 Å². The van der Waals surface area contributed by atoms with Crippen molar-refractivity contribution >= 4 is 0 Å². The normalized spacial score (nSPS) is 20.1. The van der Waals surface area contributed by atoms with Gasteiger partial charge in [-0.2, -0.15) is 0 Å². The molecule has 25 heavy (non-hydrogen) atoms. The van der Waals surface area contributed by atoms with Crippen LogP contribution in [0.4, 0.5) is 8.78 Å². The van der Waals surface area contributed by atoms with Gasteiger partial charge in [-0.05, 0) is 36.2 Å². The van der Waals surface area contributed by atoms with Crippen LogP contribution in [0, 0.1) is 17.6 Å². The lowest BCUT2D eigenvalue weighted by molar-refractivity contribution is 0.181. The standard InChI is InChI=1S/C19H17F2N3O/c20-16-3-1-2-15(18(16)21)19-23-8-9-24(19)17-12-25-11-14(17)10-13-4-6-22-7-5-13/h1-9,14,17H,10-12H2/t14-,17+/m0/s1. The van der Waals surface area contributed by atoms with Crippen LogP contribution >= 0.6 is 0 Å². The van der Waals surface area contributed by atoms with Crippen molar-refractivity contribution in [2.24, 2.45) is 5.92 Å². The van der Waals surface area contributed by atoms with Crippen molar-refractivity contribution in [3.05, 3.63) is 72.3 Å². The van der Waals surface area contributed by atoms with E-state index in [-0.39, 0.29) is 17.5 Å². The zero-order valence-corrected chi connectivity index (χ0v) is 13.5. The second kappa shape index (κ2) is 6.72. The molecule has 3 heterocycles. The van der Waals surface area contributed by atoms with E-state index >= 15 is 0 Å². The van der Waals surface area contributed by atoms with Gasteiger partial charge in [-0.15, -0.1) is 0 Å². The fourth-order valence-corrected chi connectivity index (χ4v) is 3.38. The van der Waals surface area contributed by atoms with Gasteiger partial charge >= 0.3 is 0 Å². The van der Waals surface area contributed by atoms with E-state index in [1.54, 1.807) is 30.9 Å². The summed E-state index contributed by atoms with van der Waals surface area (Å²) in [6, 6.07) is 8.13. The van der Waals surface area contributed by atoms with Crippen molar-refractivity contribution in [3.63, 3.8) is 0 Å². The highest BCUT2D eigenvalue weighted by Crippen LogP contribution is 2.33. The minimum Gasteiger partial charge on any atom is -0.379 e. The maximum Gasteiger partial charge on any atom is 0.169 e. The van der Waals surface area contributed by atoms with Crippen LogP contribution < -0.4 is 0 Å². The maximum absolute atomic E-state index is 14.2. The van der Waals surface area contributed by atoms with Crippen LogP contribution in [0.15, 0.2) is 55.1 Å². The second-order valence-corrected chi connectivity index (χ2v) is 6.18. The molecule has 1 aliphatic heterocycles. The summed E-state index contributed by atoms with van der Waals surface area (Å²) < 4.78 is 35.4. The van der Waals surface area contributed by atoms with E-state index in [4.69, 9.17) is 4.74 Å². The molecule has 0 aliphatic carbocycles. The fourth-order valence-electron chi connectivity index (χ4n) is 3.38. The quantitative estimate of drug-likeness (QED) is 0.727. The molecule has 0 bridgehead atoms. The Morgan fingerprint density at radius 3 is 2.76 bits per heavy atom. The summed E-state index contributed by atoms with van der Waals surface area (Å²) in [5.41, 5.74) is 1.34. The van der Waals surface area contributed by atoms with Gasteiger partial charge in [0.15, 0.2) is 11.6 Å². The minimum atomic E-state index is -0.875. The van der Waals surface area contributed by atoms with Crippen LogP contribution in [-0.2, 0) is 11.2 Å². The Morgan fingerprint density at radius 1 is 1.08 bits per heavy atom. The van der Waals surface area contributed by atoms with Gasteiger partial charge < -0.3 is 9.30 Å². The number of halogens is 2. The molecule has 2 atom stereocenters. The lowest BCUT2D eigenvalue weighted by Gasteiger charge is -2.21. The molecule has 3 aromatic rings. The molecule has 2 aromatic heterocycles. The van der Waals surface area contributed by atoms with Gasteiger partial charge in [-0.3, -0.25) is 4.98 Å². The molecule has 1 aromatic carbocycles. The van der Waals surface area contributed by atoms with Gasteiger partial charge in [0, 0.05) is 30.7 Å². The average Bonchev–Trinajstić information content (AvgIpc) is 3.27. The van der Waals surface area contributed by atoms with Gasteiger partial charge in [0.2, 0.25) is 0 Å². The molecule has 4 rings (SSSR count). The molecular formula is C19H17F2N3O. The molecule has 0 N–H and O–H groups in total. The van der Waals surface area contributed by atoms with Gasteiger partial charge in [0.05, 0.1) is 24.8 Å². The predicted molar refractivity (Wildman–Crippen MR) is 88.9 cm³/mol. The van der Waals surface area contributed by atoms with Crippen LogP contribution in [-0.4, -0.2) is 27.7 Å². The Kier molecular flexibility index (Phi) is 4.28. The Hall–Kier alpha value is -2.60. The lowest BCUT2D eigenvalue weighted by Crippen LogP contribution is -2.20. The number of ether oxygens (including phenoxy) is 1. The molecule has 128 valence electrons. The number of pyridine rings is 1. The molecule has 4 nitrogen and oxygen atoms in total. The van der Waals surface area contributed by atoms with E-state index in [0.717, 1.165) is 12.5 Å². The smallest absolute Gasteiger partial charge is 0.169 e. The third-order valence-electron chi connectivity index (χ3n) is 4.63. The Bertz CT molecular complexity index is 866. The first-order chi connectivity index (χ1) is 12.2. The number of rotatable bonds is 4. The van der Waals surface area contributed by atoms with E-state index in [1.165, 1.54) is 11.6 Å². The SMILES string of the molecule is Fc1cccc(-c2nccn2[C@@H]2COC[C@@H]2Cc2ccncc2)c1F. The first-order valence-corrected chi connectivity index (χ1v) is 8.18. The first-order valence-electron chi connectivity index (χ1n) is 8.18. The third-order valence-corrected chi connectivity index (χ3v) is 4.63. The number of imidazole rings is 1. The maximum atomic E-state index is 14.2. The van der Waals surface area contributed by atoms with Crippen LogP contribution in [0.2, 0.25) is 0 Å². The van der Waals surface area contributed by atoms with Crippen LogP contribution in [0.25, 0.3) is 11.4 Å². The summed E-state index contributed by atoms with van der Waals surface area (Å²) in [5, 5.41) is 0. The third kappa shape index (κ3) is 3.05. The van der Waals surface area contributed by atoms with E-state index in [2.05, 4.69) is 9.97 Å². The van der Waals surface area contributed by atoms with Gasteiger partial charge in [0.1, 0.15) is 5.82 Å². The monoisotopic (exact) mass is 341 g/mol. The van der Waals surface area contributed by atoms with Crippen molar-refractivity contribution in [1.29, 1.82) is 0 Å². The fraction of sp³-hybridized carbons (Fsp3) is 0.263. The average molecular weight is 341 g/mol. The number of benzene rings is 1. The van der Waals surface area contributed by atoms with E-state index in [9.17, 15) is 8.78 Å². The van der Waals surface area contributed by atoms with Crippen LogP contribution in [0.5, 0.6) is 0 Å². The summed E-state index contributed by atoms with van der Waals surface area (Å²) in [6.07, 6.45) is 7.78. The molecule has 1 fully saturated rings. The highest BCUT2D eigenvalue weighted by Gasteiger charge is 2.31. The molecule has 0 amide bonds. The molecule has 1 aliphatic rings. The van der Waals surface area contributed by atoms with Crippen molar-refractivity contribution in [2.45, 2.75) is 12.5 Å². The molecule has 0 radical (unpaired) electrons. The summed E-state index contributed by atoms with van der Waals surface area (Å²) >= 11 is 0. The topological polar surface area (TPSA) is 39.9 Å². The Balaban J connectivity index is 1.66. The number of hydrogen-bond donors (Lipinski definition) is 0. The predicted octanol–water partition coefficient (Wildman–Crippen LogP) is 3.65. The van der Waals surface area contributed by atoms with Crippen molar-refractivity contribution in [1.82, 2.24) is 14.5 Å². The molecule has 0 spiro atoms. The highest BCUT2D eigenvalue weighted by molar-refractivity contribution is 5.56. The summed E-state index contributed by atoms with van der Waals surface area (Å²) in [4.78, 5) is 8.30. The number of hydrogen-bond acceptors (Lipinski definition) is 3. The van der Waals surface area contributed by atoms with Crippen molar-refractivity contribution in [3.8, 4) is 11.4 Å². The van der Waals surface area contributed by atoms with Crippen molar-refractivity contribution in [2.75, 3.05) is 13.2 Å². The van der Waals surface area contributed by atoms with E-state index in [0.29, 0.717) is 19.0 Å². The van der Waals surface area contributed by atoms with Crippen LogP contribution in [0.3, 0.4) is 0 Å². The molecule has 1 saturated heterocycles. The van der Waals surface area contributed by atoms with Crippen molar-refractivity contribution < 1.29 is 13.5 Å².